The normalized spacial score (nSPS) is 19.0. The Morgan fingerprint density at radius 3 is 2.68 bits per heavy atom. The van der Waals surface area contributed by atoms with Crippen LogP contribution in [-0.2, 0) is 23.0 Å². The van der Waals surface area contributed by atoms with Gasteiger partial charge >= 0.3 is 5.97 Å². The summed E-state index contributed by atoms with van der Waals surface area (Å²) in [5.41, 5.74) is 7.06. The van der Waals surface area contributed by atoms with Crippen molar-refractivity contribution in [3.63, 3.8) is 0 Å². The molecule has 0 aliphatic carbocycles. The first kappa shape index (κ1) is 13.4. The smallest absolute Gasteiger partial charge is 0.359 e. The number of carbonyl (C=O) groups is 2. The average molecular weight is 266 g/mol. The van der Waals surface area contributed by atoms with Gasteiger partial charge in [0, 0.05) is 27.1 Å². The molecule has 2 heterocycles. The lowest BCUT2D eigenvalue weighted by Gasteiger charge is -2.11. The fourth-order valence-corrected chi connectivity index (χ4v) is 2.18. The first-order valence-electron chi connectivity index (χ1n) is 6.23. The molecule has 1 amide bonds. The number of nitrogen functional groups attached to an aromatic ring is 1. The molecule has 1 aromatic heterocycles. The lowest BCUT2D eigenvalue weighted by atomic mass is 10.2. The predicted octanol–water partition coefficient (Wildman–Crippen LogP) is -0.0478. The first-order chi connectivity index (χ1) is 8.95. The minimum absolute atomic E-state index is 0.176. The van der Waals surface area contributed by atoms with Crippen LogP contribution >= 0.6 is 0 Å². The van der Waals surface area contributed by atoms with Crippen molar-refractivity contribution in [2.75, 3.05) is 19.3 Å². The second-order valence-corrected chi connectivity index (χ2v) is 4.63. The van der Waals surface area contributed by atoms with Gasteiger partial charge in [-0.05, 0) is 6.42 Å². The Morgan fingerprint density at radius 1 is 1.53 bits per heavy atom. The molecule has 19 heavy (non-hydrogen) atoms. The highest BCUT2D eigenvalue weighted by atomic mass is 16.5. The zero-order valence-corrected chi connectivity index (χ0v) is 11.3. The van der Waals surface area contributed by atoms with Gasteiger partial charge in [0.25, 0.3) is 5.91 Å². The van der Waals surface area contributed by atoms with Crippen LogP contribution in [0.4, 0.5) is 5.69 Å². The van der Waals surface area contributed by atoms with Crippen LogP contribution in [0.1, 0.15) is 29.5 Å². The van der Waals surface area contributed by atoms with Gasteiger partial charge in [-0.1, -0.05) is 6.92 Å². The molecule has 0 aromatic carbocycles. The molecule has 1 aromatic rings. The Kier molecular flexibility index (Phi) is 3.46. The second kappa shape index (κ2) is 4.91. The minimum atomic E-state index is -0.711. The number of carbonyl (C=O) groups excluding carboxylic acids is 2. The Bertz CT molecular complexity index is 523. The summed E-state index contributed by atoms with van der Waals surface area (Å²) in [5.74, 6) is -0.773. The third-order valence-electron chi connectivity index (χ3n) is 3.32. The van der Waals surface area contributed by atoms with Crippen molar-refractivity contribution in [2.24, 2.45) is 7.05 Å². The summed E-state index contributed by atoms with van der Waals surface area (Å²) in [4.78, 5) is 25.3. The Morgan fingerprint density at radius 2 is 2.21 bits per heavy atom. The van der Waals surface area contributed by atoms with Gasteiger partial charge in [-0.25, -0.2) is 4.79 Å². The SMILES string of the molecule is CCc1nn(C)c(C(=O)OC2CCN(C)C2=O)c1N. The number of esters is 1. The Balaban J connectivity index is 2.17. The van der Waals surface area contributed by atoms with E-state index in [-0.39, 0.29) is 11.6 Å². The van der Waals surface area contributed by atoms with Gasteiger partial charge in [-0.2, -0.15) is 5.10 Å². The maximum atomic E-state index is 12.1. The molecule has 0 bridgehead atoms. The van der Waals surface area contributed by atoms with E-state index in [1.165, 1.54) is 4.68 Å². The van der Waals surface area contributed by atoms with Crippen molar-refractivity contribution in [1.82, 2.24) is 14.7 Å². The molecule has 7 nitrogen and oxygen atoms in total. The highest BCUT2D eigenvalue weighted by molar-refractivity contribution is 5.96. The number of anilines is 1. The summed E-state index contributed by atoms with van der Waals surface area (Å²) in [5, 5.41) is 4.15. The monoisotopic (exact) mass is 266 g/mol. The average Bonchev–Trinajstić information content (AvgIpc) is 2.83. The number of nitrogens with zero attached hydrogens (tertiary/aromatic N) is 3. The Hall–Kier alpha value is -2.05. The van der Waals surface area contributed by atoms with Crippen LogP contribution in [0.25, 0.3) is 0 Å². The van der Waals surface area contributed by atoms with Crippen molar-refractivity contribution >= 4 is 17.6 Å². The van der Waals surface area contributed by atoms with Gasteiger partial charge in [-0.15, -0.1) is 0 Å². The van der Waals surface area contributed by atoms with Gasteiger partial charge < -0.3 is 15.4 Å². The van der Waals surface area contributed by atoms with Crippen LogP contribution in [0.15, 0.2) is 0 Å². The third-order valence-corrected chi connectivity index (χ3v) is 3.32. The van der Waals surface area contributed by atoms with E-state index in [0.717, 1.165) is 0 Å². The largest absolute Gasteiger partial charge is 0.447 e. The molecular formula is C12H18N4O3. The predicted molar refractivity (Wildman–Crippen MR) is 68.5 cm³/mol. The highest BCUT2D eigenvalue weighted by Gasteiger charge is 2.34. The van der Waals surface area contributed by atoms with Gasteiger partial charge in [0.15, 0.2) is 11.8 Å². The zero-order chi connectivity index (χ0) is 14.2. The molecule has 1 atom stereocenters. The lowest BCUT2D eigenvalue weighted by molar-refractivity contribution is -0.133. The molecule has 1 aliphatic rings. The number of rotatable bonds is 3. The number of hydrogen-bond acceptors (Lipinski definition) is 5. The van der Waals surface area contributed by atoms with Gasteiger partial charge in [0.1, 0.15) is 0 Å². The summed E-state index contributed by atoms with van der Waals surface area (Å²) in [6.07, 6.45) is 0.439. The second-order valence-electron chi connectivity index (χ2n) is 4.63. The molecule has 0 saturated carbocycles. The third kappa shape index (κ3) is 2.27. The molecule has 0 spiro atoms. The van der Waals surface area contributed by atoms with E-state index < -0.39 is 12.1 Å². The molecule has 104 valence electrons. The van der Waals surface area contributed by atoms with Crippen LogP contribution in [0.3, 0.4) is 0 Å². The number of likely N-dealkylation sites (tertiary alicyclic amines) is 1. The van der Waals surface area contributed by atoms with Crippen molar-refractivity contribution in [3.05, 3.63) is 11.4 Å². The van der Waals surface area contributed by atoms with Gasteiger partial charge in [-0.3, -0.25) is 9.48 Å². The fourth-order valence-electron chi connectivity index (χ4n) is 2.18. The topological polar surface area (TPSA) is 90.5 Å². The van der Waals surface area contributed by atoms with E-state index in [0.29, 0.717) is 30.8 Å². The molecular weight excluding hydrogens is 248 g/mol. The summed E-state index contributed by atoms with van der Waals surface area (Å²) in [7, 11) is 3.32. The van der Waals surface area contributed by atoms with E-state index in [1.54, 1.807) is 19.0 Å². The van der Waals surface area contributed by atoms with E-state index in [4.69, 9.17) is 10.5 Å². The van der Waals surface area contributed by atoms with Crippen LogP contribution in [-0.4, -0.2) is 46.3 Å². The van der Waals surface area contributed by atoms with E-state index in [9.17, 15) is 9.59 Å². The molecule has 0 radical (unpaired) electrons. The number of ether oxygens (including phenoxy) is 1. The Labute approximate surface area is 111 Å². The number of aromatic nitrogens is 2. The number of amides is 1. The van der Waals surface area contributed by atoms with E-state index in [2.05, 4.69) is 5.10 Å². The zero-order valence-electron chi connectivity index (χ0n) is 11.3. The quantitative estimate of drug-likeness (QED) is 0.775. The van der Waals surface area contributed by atoms with Crippen LogP contribution < -0.4 is 5.73 Å². The van der Waals surface area contributed by atoms with E-state index in [1.807, 2.05) is 6.92 Å². The molecule has 1 aliphatic heterocycles. The molecule has 1 fully saturated rings. The maximum Gasteiger partial charge on any atom is 0.359 e. The summed E-state index contributed by atoms with van der Waals surface area (Å²) in [6, 6.07) is 0. The highest BCUT2D eigenvalue weighted by Crippen LogP contribution is 2.20. The lowest BCUT2D eigenvalue weighted by Crippen LogP contribution is -2.30. The van der Waals surface area contributed by atoms with Crippen LogP contribution in [0, 0.1) is 0 Å². The summed E-state index contributed by atoms with van der Waals surface area (Å²) < 4.78 is 6.63. The number of nitrogens with two attached hydrogens (primary N) is 1. The fraction of sp³-hybridized carbons (Fsp3) is 0.583. The molecule has 2 rings (SSSR count). The van der Waals surface area contributed by atoms with Crippen molar-refractivity contribution in [3.8, 4) is 0 Å². The maximum absolute atomic E-state index is 12.1. The molecule has 1 saturated heterocycles. The van der Waals surface area contributed by atoms with E-state index >= 15 is 0 Å². The number of likely N-dealkylation sites (N-methyl/N-ethyl adjacent to an activating group) is 1. The number of hydrogen-bond donors (Lipinski definition) is 1. The van der Waals surface area contributed by atoms with Crippen LogP contribution in [0.2, 0.25) is 0 Å². The summed E-state index contributed by atoms with van der Waals surface area (Å²) >= 11 is 0. The minimum Gasteiger partial charge on any atom is -0.447 e. The van der Waals surface area contributed by atoms with Gasteiger partial charge in [0.05, 0.1) is 11.4 Å². The first-order valence-corrected chi connectivity index (χ1v) is 6.23. The van der Waals surface area contributed by atoms with Gasteiger partial charge in [0.2, 0.25) is 0 Å². The van der Waals surface area contributed by atoms with Crippen molar-refractivity contribution < 1.29 is 14.3 Å². The standard InChI is InChI=1S/C12H18N4O3/c1-4-7-9(13)10(16(3)14-7)12(18)19-8-5-6-15(2)11(8)17/h8H,4-6,13H2,1-3H3. The van der Waals surface area contributed by atoms with Crippen LogP contribution in [0.5, 0.6) is 0 Å². The van der Waals surface area contributed by atoms with Crippen molar-refractivity contribution in [1.29, 1.82) is 0 Å². The molecule has 1 unspecified atom stereocenters. The molecule has 2 N–H and O–H groups in total. The number of aryl methyl sites for hydroxylation is 2. The summed E-state index contributed by atoms with van der Waals surface area (Å²) in [6.45, 7) is 2.50. The molecule has 7 heteroatoms. The van der Waals surface area contributed by atoms with Crippen molar-refractivity contribution in [2.45, 2.75) is 25.9 Å².